The molecule has 0 aliphatic carbocycles. The number of ether oxygens (including phenoxy) is 1. The molecule has 1 unspecified atom stereocenters. The van der Waals surface area contributed by atoms with Gasteiger partial charge in [0, 0.05) is 0 Å². The zero-order chi connectivity index (χ0) is 13.2. The molecule has 0 aliphatic heterocycles. The molecule has 0 aromatic heterocycles. The van der Waals surface area contributed by atoms with Crippen LogP contribution in [-0.2, 0) is 4.79 Å². The van der Waals surface area contributed by atoms with Crippen LogP contribution in [0.5, 0.6) is 5.75 Å². The maximum absolute atomic E-state index is 12.1. The molecule has 0 amide bonds. The zero-order valence-electron chi connectivity index (χ0n) is 8.52. The lowest BCUT2D eigenvalue weighted by molar-refractivity contribution is -0.274. The number of Topliss-reactive ketones (excluding diaryl/α,β-unsaturated/α-hetero) is 1. The van der Waals surface area contributed by atoms with E-state index in [0.29, 0.717) is 5.56 Å². The van der Waals surface area contributed by atoms with E-state index >= 15 is 0 Å². The van der Waals surface area contributed by atoms with E-state index in [2.05, 4.69) is 20.7 Å². The SMILES string of the molecule is CC(=O)C(Br)c1ccc(Cl)c(OC(F)(F)F)c1. The maximum atomic E-state index is 12.1. The minimum absolute atomic E-state index is 0.172. The summed E-state index contributed by atoms with van der Waals surface area (Å²) >= 11 is 8.62. The second kappa shape index (κ2) is 5.27. The first kappa shape index (κ1) is 14.3. The molecule has 1 aromatic rings. The molecule has 94 valence electrons. The molecule has 1 rings (SSSR count). The van der Waals surface area contributed by atoms with Crippen LogP contribution in [0.3, 0.4) is 0 Å². The van der Waals surface area contributed by atoms with Crippen molar-refractivity contribution in [3.05, 3.63) is 28.8 Å². The molecule has 17 heavy (non-hydrogen) atoms. The lowest BCUT2D eigenvalue weighted by Crippen LogP contribution is -2.17. The van der Waals surface area contributed by atoms with Crippen LogP contribution in [0.4, 0.5) is 13.2 Å². The van der Waals surface area contributed by atoms with Gasteiger partial charge < -0.3 is 4.74 Å². The lowest BCUT2D eigenvalue weighted by atomic mass is 10.1. The Morgan fingerprint density at radius 2 is 2.06 bits per heavy atom. The zero-order valence-corrected chi connectivity index (χ0v) is 10.9. The van der Waals surface area contributed by atoms with E-state index in [-0.39, 0.29) is 10.8 Å². The number of benzene rings is 1. The largest absolute Gasteiger partial charge is 0.573 e. The van der Waals surface area contributed by atoms with Gasteiger partial charge in [-0.05, 0) is 24.6 Å². The first-order valence-electron chi connectivity index (χ1n) is 4.40. The number of carbonyl (C=O) groups is 1. The second-order valence-corrected chi connectivity index (χ2v) is 4.53. The van der Waals surface area contributed by atoms with Gasteiger partial charge in [-0.3, -0.25) is 4.79 Å². The Balaban J connectivity index is 3.06. The van der Waals surface area contributed by atoms with Gasteiger partial charge in [-0.2, -0.15) is 0 Å². The van der Waals surface area contributed by atoms with Crippen LogP contribution < -0.4 is 4.74 Å². The number of carbonyl (C=O) groups excluding carboxylic acids is 1. The molecule has 0 bridgehead atoms. The highest BCUT2D eigenvalue weighted by Gasteiger charge is 2.32. The molecule has 0 fully saturated rings. The van der Waals surface area contributed by atoms with Crippen molar-refractivity contribution in [2.24, 2.45) is 0 Å². The van der Waals surface area contributed by atoms with E-state index in [1.165, 1.54) is 19.1 Å². The van der Waals surface area contributed by atoms with E-state index in [1.807, 2.05) is 0 Å². The first-order valence-corrected chi connectivity index (χ1v) is 5.70. The summed E-state index contributed by atoms with van der Waals surface area (Å²) < 4.78 is 39.9. The molecule has 0 saturated carbocycles. The summed E-state index contributed by atoms with van der Waals surface area (Å²) in [6.45, 7) is 1.32. The minimum atomic E-state index is -4.82. The van der Waals surface area contributed by atoms with Gasteiger partial charge in [0.05, 0.1) is 9.85 Å². The smallest absolute Gasteiger partial charge is 0.404 e. The molecule has 0 aliphatic rings. The Bertz CT molecular complexity index is 434. The predicted molar refractivity (Wildman–Crippen MR) is 60.5 cm³/mol. The Kier molecular flexibility index (Phi) is 4.43. The van der Waals surface area contributed by atoms with Gasteiger partial charge in [-0.15, -0.1) is 13.2 Å². The molecule has 0 spiro atoms. The summed E-state index contributed by atoms with van der Waals surface area (Å²) in [5, 5.41) is -0.172. The molecule has 1 aromatic carbocycles. The van der Waals surface area contributed by atoms with Crippen LogP contribution in [0.1, 0.15) is 17.3 Å². The van der Waals surface area contributed by atoms with Gasteiger partial charge >= 0.3 is 6.36 Å². The highest BCUT2D eigenvalue weighted by Crippen LogP contribution is 2.34. The summed E-state index contributed by atoms with van der Waals surface area (Å²) in [5.41, 5.74) is 0.348. The third-order valence-corrected chi connectivity index (χ3v) is 3.32. The van der Waals surface area contributed by atoms with Crippen LogP contribution >= 0.6 is 27.5 Å². The van der Waals surface area contributed by atoms with Crippen LogP contribution in [-0.4, -0.2) is 12.1 Å². The molecule has 2 nitrogen and oxygen atoms in total. The quantitative estimate of drug-likeness (QED) is 0.774. The van der Waals surface area contributed by atoms with Crippen molar-refractivity contribution in [1.82, 2.24) is 0 Å². The van der Waals surface area contributed by atoms with Gasteiger partial charge in [0.1, 0.15) is 11.5 Å². The summed E-state index contributed by atoms with van der Waals surface area (Å²) in [6, 6.07) is 3.78. The molecule has 0 heterocycles. The van der Waals surface area contributed by atoms with Crippen molar-refractivity contribution in [3.8, 4) is 5.75 Å². The molecular formula is C10H7BrClF3O2. The van der Waals surface area contributed by atoms with E-state index in [4.69, 9.17) is 11.6 Å². The first-order chi connectivity index (χ1) is 7.70. The topological polar surface area (TPSA) is 26.3 Å². The number of hydrogen-bond donors (Lipinski definition) is 0. The highest BCUT2D eigenvalue weighted by molar-refractivity contribution is 9.09. The average Bonchev–Trinajstić information content (AvgIpc) is 2.18. The Hall–Kier alpha value is -0.750. The fourth-order valence-corrected chi connectivity index (χ4v) is 1.56. The molecule has 0 N–H and O–H groups in total. The molecule has 0 radical (unpaired) electrons. The van der Waals surface area contributed by atoms with Gasteiger partial charge in [-0.25, -0.2) is 0 Å². The van der Waals surface area contributed by atoms with Crippen molar-refractivity contribution < 1.29 is 22.7 Å². The predicted octanol–water partition coefficient (Wildman–Crippen LogP) is 4.26. The van der Waals surface area contributed by atoms with Crippen molar-refractivity contribution in [3.63, 3.8) is 0 Å². The van der Waals surface area contributed by atoms with Crippen LogP contribution in [0.25, 0.3) is 0 Å². The van der Waals surface area contributed by atoms with Gasteiger partial charge in [0.25, 0.3) is 0 Å². The Labute approximate surface area is 109 Å². The van der Waals surface area contributed by atoms with Crippen LogP contribution in [0, 0.1) is 0 Å². The second-order valence-electron chi connectivity index (χ2n) is 3.21. The average molecular weight is 332 g/mol. The summed E-state index contributed by atoms with van der Waals surface area (Å²) in [5.74, 6) is -0.757. The fourth-order valence-electron chi connectivity index (χ4n) is 1.12. The van der Waals surface area contributed by atoms with Gasteiger partial charge in [-0.1, -0.05) is 33.6 Å². The van der Waals surface area contributed by atoms with Crippen molar-refractivity contribution in [1.29, 1.82) is 0 Å². The molecule has 0 saturated heterocycles. The van der Waals surface area contributed by atoms with E-state index in [0.717, 1.165) is 6.07 Å². The Morgan fingerprint density at radius 3 is 2.53 bits per heavy atom. The number of rotatable bonds is 3. The molecular weight excluding hydrogens is 324 g/mol. The maximum Gasteiger partial charge on any atom is 0.573 e. The highest BCUT2D eigenvalue weighted by atomic mass is 79.9. The molecule has 1 atom stereocenters. The normalized spacial score (nSPS) is 13.3. The molecule has 7 heteroatoms. The number of halogens is 5. The van der Waals surface area contributed by atoms with Crippen LogP contribution in [0.2, 0.25) is 5.02 Å². The van der Waals surface area contributed by atoms with Crippen LogP contribution in [0.15, 0.2) is 18.2 Å². The fraction of sp³-hybridized carbons (Fsp3) is 0.300. The van der Waals surface area contributed by atoms with Crippen molar-refractivity contribution in [2.45, 2.75) is 18.1 Å². The standard InChI is InChI=1S/C10H7BrClF3O2/c1-5(16)9(11)6-2-3-7(12)8(4-6)17-10(13,14)15/h2-4,9H,1H3. The van der Waals surface area contributed by atoms with Gasteiger partial charge in [0.2, 0.25) is 0 Å². The third kappa shape index (κ3) is 4.20. The van der Waals surface area contributed by atoms with E-state index < -0.39 is 16.9 Å². The number of ketones is 1. The van der Waals surface area contributed by atoms with Gasteiger partial charge in [0.15, 0.2) is 0 Å². The van der Waals surface area contributed by atoms with Crippen molar-refractivity contribution >= 4 is 33.3 Å². The van der Waals surface area contributed by atoms with Crippen molar-refractivity contribution in [2.75, 3.05) is 0 Å². The summed E-state index contributed by atoms with van der Waals surface area (Å²) in [6.07, 6.45) is -4.82. The Morgan fingerprint density at radius 1 is 1.47 bits per heavy atom. The summed E-state index contributed by atoms with van der Waals surface area (Å²) in [7, 11) is 0. The third-order valence-electron chi connectivity index (χ3n) is 1.83. The summed E-state index contributed by atoms with van der Waals surface area (Å²) in [4.78, 5) is 10.4. The number of alkyl halides is 4. The van der Waals surface area contributed by atoms with E-state index in [1.54, 1.807) is 0 Å². The minimum Gasteiger partial charge on any atom is -0.404 e. The number of hydrogen-bond acceptors (Lipinski definition) is 2. The van der Waals surface area contributed by atoms with E-state index in [9.17, 15) is 18.0 Å². The lowest BCUT2D eigenvalue weighted by Gasteiger charge is -2.13. The monoisotopic (exact) mass is 330 g/mol.